The number of nitrogens with zero attached hydrogens (tertiary/aromatic N) is 2. The van der Waals surface area contributed by atoms with Gasteiger partial charge in [-0.05, 0) is 45.9 Å². The van der Waals surface area contributed by atoms with Crippen molar-refractivity contribution < 1.29 is 9.53 Å². The lowest BCUT2D eigenvalue weighted by atomic mass is 10.2. The zero-order chi connectivity index (χ0) is 15.6. The van der Waals surface area contributed by atoms with Gasteiger partial charge in [-0.25, -0.2) is 14.1 Å². The molecule has 0 atom stereocenters. The van der Waals surface area contributed by atoms with Crippen LogP contribution in [0.5, 0.6) is 0 Å². The normalized spacial score (nSPS) is 11.7. The highest BCUT2D eigenvalue weighted by atomic mass is 35.5. The Morgan fingerprint density at radius 3 is 2.81 bits per heavy atom. The van der Waals surface area contributed by atoms with Gasteiger partial charge in [0.25, 0.3) is 0 Å². The van der Waals surface area contributed by atoms with Gasteiger partial charge < -0.3 is 9.72 Å². The molecule has 0 unspecified atom stereocenters. The van der Waals surface area contributed by atoms with Gasteiger partial charge in [0.05, 0.1) is 11.0 Å². The van der Waals surface area contributed by atoms with E-state index in [1.54, 1.807) is 12.1 Å². The van der Waals surface area contributed by atoms with E-state index in [1.165, 1.54) is 16.3 Å². The van der Waals surface area contributed by atoms with Crippen molar-refractivity contribution in [2.45, 2.75) is 38.5 Å². The second kappa shape index (κ2) is 6.15. The van der Waals surface area contributed by atoms with Crippen LogP contribution in [0.3, 0.4) is 0 Å². The number of carbonyl (C=O) groups excluding carboxylic acids is 1. The highest BCUT2D eigenvalue weighted by Gasteiger charge is 2.23. The van der Waals surface area contributed by atoms with Crippen LogP contribution in [-0.2, 0) is 4.74 Å². The van der Waals surface area contributed by atoms with Crippen molar-refractivity contribution in [2.75, 3.05) is 6.54 Å². The maximum Gasteiger partial charge on any atom is 0.420 e. The standard InChI is InChI=1S/C14H18ClN3O2S/c1-5-18(13(19)20-14(2,3)4)21-12-16-10-7-6-9(15)8-11(10)17-12/h6-8H,5H2,1-4H3,(H,16,17). The van der Waals surface area contributed by atoms with Crippen molar-refractivity contribution in [1.29, 1.82) is 0 Å². The maximum absolute atomic E-state index is 12.1. The molecule has 1 N–H and O–H groups in total. The number of fused-ring (bicyclic) bond motifs is 1. The van der Waals surface area contributed by atoms with Gasteiger partial charge in [0, 0.05) is 23.5 Å². The Morgan fingerprint density at radius 2 is 2.19 bits per heavy atom. The van der Waals surface area contributed by atoms with E-state index < -0.39 is 5.60 Å². The van der Waals surface area contributed by atoms with Crippen molar-refractivity contribution in [3.63, 3.8) is 0 Å². The van der Waals surface area contributed by atoms with Gasteiger partial charge in [0.2, 0.25) is 0 Å². The zero-order valence-corrected chi connectivity index (χ0v) is 14.0. The van der Waals surface area contributed by atoms with Crippen LogP contribution < -0.4 is 0 Å². The molecule has 1 amide bonds. The number of imidazole rings is 1. The number of halogens is 1. The van der Waals surface area contributed by atoms with Crippen LogP contribution in [-0.4, -0.2) is 32.5 Å². The Kier molecular flexibility index (Phi) is 4.68. The van der Waals surface area contributed by atoms with Crippen molar-refractivity contribution in [2.24, 2.45) is 0 Å². The molecule has 1 aromatic heterocycles. The number of ether oxygens (including phenoxy) is 1. The number of amides is 1. The maximum atomic E-state index is 12.1. The largest absolute Gasteiger partial charge is 0.443 e. The van der Waals surface area contributed by atoms with Crippen LogP contribution in [0, 0.1) is 0 Å². The van der Waals surface area contributed by atoms with Crippen molar-refractivity contribution >= 4 is 40.7 Å². The molecule has 0 spiro atoms. The molecule has 0 saturated heterocycles. The summed E-state index contributed by atoms with van der Waals surface area (Å²) in [6.45, 7) is 7.92. The van der Waals surface area contributed by atoms with Gasteiger partial charge in [0.15, 0.2) is 5.16 Å². The Hall–Kier alpha value is -1.40. The second-order valence-corrected chi connectivity index (χ2v) is 6.92. The molecule has 0 aliphatic rings. The second-order valence-electron chi connectivity index (χ2n) is 5.47. The first-order chi connectivity index (χ1) is 9.78. The Morgan fingerprint density at radius 1 is 1.48 bits per heavy atom. The molecule has 21 heavy (non-hydrogen) atoms. The number of rotatable bonds is 3. The summed E-state index contributed by atoms with van der Waals surface area (Å²) in [7, 11) is 0. The summed E-state index contributed by atoms with van der Waals surface area (Å²) in [4.78, 5) is 19.6. The molecule has 1 aromatic carbocycles. The fourth-order valence-corrected chi connectivity index (χ4v) is 2.56. The smallest absolute Gasteiger partial charge is 0.420 e. The number of benzene rings is 1. The number of nitrogens with one attached hydrogen (secondary N) is 1. The molecule has 114 valence electrons. The number of H-pyrrole nitrogens is 1. The molecular formula is C14H18ClN3O2S. The molecule has 0 fully saturated rings. The van der Waals surface area contributed by atoms with Gasteiger partial charge in [0.1, 0.15) is 5.60 Å². The Bertz CT molecular complexity index is 651. The van der Waals surface area contributed by atoms with Crippen LogP contribution in [0.25, 0.3) is 11.0 Å². The van der Waals surface area contributed by atoms with Crippen LogP contribution >= 0.6 is 23.5 Å². The average Bonchev–Trinajstić information content (AvgIpc) is 2.75. The van der Waals surface area contributed by atoms with E-state index in [1.807, 2.05) is 33.8 Å². The van der Waals surface area contributed by atoms with Crippen molar-refractivity contribution in [3.05, 3.63) is 23.2 Å². The van der Waals surface area contributed by atoms with Gasteiger partial charge in [-0.2, -0.15) is 0 Å². The Labute approximate surface area is 133 Å². The molecule has 0 aliphatic heterocycles. The summed E-state index contributed by atoms with van der Waals surface area (Å²) in [6.07, 6.45) is -0.381. The summed E-state index contributed by atoms with van der Waals surface area (Å²) < 4.78 is 6.88. The molecule has 7 heteroatoms. The number of aromatic amines is 1. The predicted molar refractivity (Wildman–Crippen MR) is 85.6 cm³/mol. The van der Waals surface area contributed by atoms with Crippen LogP contribution in [0.4, 0.5) is 4.79 Å². The molecule has 0 saturated carbocycles. The molecule has 2 rings (SSSR count). The monoisotopic (exact) mass is 327 g/mol. The quantitative estimate of drug-likeness (QED) is 0.844. The van der Waals surface area contributed by atoms with Gasteiger partial charge in [-0.1, -0.05) is 11.6 Å². The third-order valence-electron chi connectivity index (χ3n) is 2.50. The molecular weight excluding hydrogens is 310 g/mol. The van der Waals surface area contributed by atoms with Gasteiger partial charge in [-0.3, -0.25) is 0 Å². The third kappa shape index (κ3) is 4.28. The lowest BCUT2D eigenvalue weighted by Crippen LogP contribution is -2.32. The van der Waals surface area contributed by atoms with Gasteiger partial charge >= 0.3 is 6.09 Å². The molecule has 0 aliphatic carbocycles. The van der Waals surface area contributed by atoms with E-state index in [0.29, 0.717) is 16.7 Å². The highest BCUT2D eigenvalue weighted by molar-refractivity contribution is 7.97. The number of hydrogen-bond acceptors (Lipinski definition) is 4. The first kappa shape index (κ1) is 16.0. The minimum Gasteiger partial charge on any atom is -0.443 e. The molecule has 1 heterocycles. The van der Waals surface area contributed by atoms with Crippen LogP contribution in [0.1, 0.15) is 27.7 Å². The average molecular weight is 328 g/mol. The van der Waals surface area contributed by atoms with Gasteiger partial charge in [-0.15, -0.1) is 0 Å². The van der Waals surface area contributed by atoms with E-state index in [-0.39, 0.29) is 6.09 Å². The van der Waals surface area contributed by atoms with E-state index >= 15 is 0 Å². The lowest BCUT2D eigenvalue weighted by molar-refractivity contribution is 0.0410. The van der Waals surface area contributed by atoms with Crippen LogP contribution in [0.15, 0.2) is 23.4 Å². The molecule has 0 radical (unpaired) electrons. The first-order valence-electron chi connectivity index (χ1n) is 6.62. The van der Waals surface area contributed by atoms with E-state index in [4.69, 9.17) is 16.3 Å². The Balaban J connectivity index is 2.14. The summed E-state index contributed by atoms with van der Waals surface area (Å²) in [5, 5.41) is 1.25. The van der Waals surface area contributed by atoms with E-state index in [2.05, 4.69) is 9.97 Å². The highest BCUT2D eigenvalue weighted by Crippen LogP contribution is 2.26. The third-order valence-corrected chi connectivity index (χ3v) is 3.73. The zero-order valence-electron chi connectivity index (χ0n) is 12.4. The lowest BCUT2D eigenvalue weighted by Gasteiger charge is -2.24. The SMILES string of the molecule is CCN(Sc1nc2cc(Cl)ccc2[nH]1)C(=O)OC(C)(C)C. The summed E-state index contributed by atoms with van der Waals surface area (Å²) in [6, 6.07) is 5.43. The summed E-state index contributed by atoms with van der Waals surface area (Å²) >= 11 is 7.16. The van der Waals surface area contributed by atoms with E-state index in [0.717, 1.165) is 11.0 Å². The van der Waals surface area contributed by atoms with Crippen LogP contribution in [0.2, 0.25) is 5.02 Å². The molecule has 0 bridgehead atoms. The fourth-order valence-electron chi connectivity index (χ4n) is 1.65. The molecule has 2 aromatic rings. The summed E-state index contributed by atoms with van der Waals surface area (Å²) in [5.74, 6) is 0. The predicted octanol–water partition coefficient (Wildman–Crippen LogP) is 4.48. The number of aromatic nitrogens is 2. The number of hydrogen-bond donors (Lipinski definition) is 1. The minimum atomic E-state index is -0.521. The first-order valence-corrected chi connectivity index (χ1v) is 7.77. The number of carbonyl (C=O) groups is 1. The van der Waals surface area contributed by atoms with Crippen molar-refractivity contribution in [3.8, 4) is 0 Å². The minimum absolute atomic E-state index is 0.381. The summed E-state index contributed by atoms with van der Waals surface area (Å²) in [5.41, 5.74) is 1.12. The fraction of sp³-hybridized carbons (Fsp3) is 0.429. The molecule has 5 nitrogen and oxygen atoms in total. The van der Waals surface area contributed by atoms with E-state index in [9.17, 15) is 4.79 Å². The van der Waals surface area contributed by atoms with Crippen molar-refractivity contribution in [1.82, 2.24) is 14.3 Å². The topological polar surface area (TPSA) is 58.2 Å².